The number of carbonyl (C=O) groups is 1. The van der Waals surface area contributed by atoms with Crippen molar-refractivity contribution in [2.45, 2.75) is 39.0 Å². The zero-order chi connectivity index (χ0) is 14.2. The lowest BCUT2D eigenvalue weighted by molar-refractivity contribution is -0.0655. The van der Waals surface area contributed by atoms with E-state index in [2.05, 4.69) is 15.9 Å². The van der Waals surface area contributed by atoms with Gasteiger partial charge < -0.3 is 9.47 Å². The van der Waals surface area contributed by atoms with Gasteiger partial charge in [0, 0.05) is 23.9 Å². The quantitative estimate of drug-likeness (QED) is 0.771. The van der Waals surface area contributed by atoms with E-state index >= 15 is 0 Å². The van der Waals surface area contributed by atoms with Gasteiger partial charge in [-0.25, -0.2) is 4.79 Å². The molecule has 0 spiro atoms. The number of thiophene rings is 1. The highest BCUT2D eigenvalue weighted by Gasteiger charge is 2.31. The summed E-state index contributed by atoms with van der Waals surface area (Å²) in [5, 5.41) is 0. The molecule has 1 aromatic rings. The van der Waals surface area contributed by atoms with E-state index in [1.54, 1.807) is 18.4 Å². The van der Waals surface area contributed by atoms with Gasteiger partial charge in [0.1, 0.15) is 5.60 Å². The first kappa shape index (κ1) is 14.8. The highest BCUT2D eigenvalue weighted by molar-refractivity contribution is 9.11. The molecule has 0 radical (unpaired) electrons. The summed E-state index contributed by atoms with van der Waals surface area (Å²) < 4.78 is 12.2. The van der Waals surface area contributed by atoms with Gasteiger partial charge in [-0.05, 0) is 42.8 Å². The van der Waals surface area contributed by atoms with E-state index in [1.807, 2.05) is 26.8 Å². The van der Waals surface area contributed by atoms with Crippen molar-refractivity contribution in [1.29, 1.82) is 0 Å². The molecule has 0 fully saturated rings. The van der Waals surface area contributed by atoms with E-state index in [9.17, 15) is 4.79 Å². The summed E-state index contributed by atoms with van der Waals surface area (Å²) in [6.45, 7) is 6.19. The molecule has 1 aliphatic heterocycles. The number of fused-ring (bicyclic) bond motifs is 1. The Balaban J connectivity index is 2.16. The summed E-state index contributed by atoms with van der Waals surface area (Å²) in [7, 11) is 1.71. The van der Waals surface area contributed by atoms with E-state index in [4.69, 9.17) is 9.47 Å². The van der Waals surface area contributed by atoms with Crippen LogP contribution in [-0.4, -0.2) is 30.2 Å². The van der Waals surface area contributed by atoms with Gasteiger partial charge in [-0.1, -0.05) is 0 Å². The van der Waals surface area contributed by atoms with Crippen molar-refractivity contribution in [2.75, 3.05) is 13.7 Å². The lowest BCUT2D eigenvalue weighted by Crippen LogP contribution is -2.39. The third-order valence-electron chi connectivity index (χ3n) is 2.72. The summed E-state index contributed by atoms with van der Waals surface area (Å²) in [5.74, 6) is 0. The molecule has 0 aromatic carbocycles. The van der Waals surface area contributed by atoms with Crippen LogP contribution >= 0.6 is 27.3 Å². The van der Waals surface area contributed by atoms with Crippen molar-refractivity contribution in [1.82, 2.24) is 4.90 Å². The van der Waals surface area contributed by atoms with Crippen LogP contribution in [0, 0.1) is 0 Å². The molecule has 4 nitrogen and oxygen atoms in total. The van der Waals surface area contributed by atoms with Crippen LogP contribution in [0.25, 0.3) is 0 Å². The van der Waals surface area contributed by atoms with Crippen LogP contribution in [0.2, 0.25) is 0 Å². The Morgan fingerprint density at radius 3 is 2.89 bits per heavy atom. The van der Waals surface area contributed by atoms with Gasteiger partial charge in [-0.3, -0.25) is 4.90 Å². The molecule has 1 aliphatic rings. The van der Waals surface area contributed by atoms with E-state index in [1.165, 1.54) is 9.78 Å². The number of rotatable bonds is 1. The van der Waals surface area contributed by atoms with Gasteiger partial charge >= 0.3 is 6.09 Å². The largest absolute Gasteiger partial charge is 0.444 e. The second-order valence-electron chi connectivity index (χ2n) is 5.49. The van der Waals surface area contributed by atoms with Crippen molar-refractivity contribution in [3.8, 4) is 0 Å². The average Bonchev–Trinajstić information content (AvgIpc) is 2.65. The smallest absolute Gasteiger partial charge is 0.412 e. The fraction of sp³-hybridized carbons (Fsp3) is 0.615. The van der Waals surface area contributed by atoms with Gasteiger partial charge in [-0.15, -0.1) is 11.3 Å². The minimum absolute atomic E-state index is 0.360. The lowest BCUT2D eigenvalue weighted by atomic mass is 10.1. The monoisotopic (exact) mass is 347 g/mol. The Bertz CT molecular complexity index is 481. The minimum Gasteiger partial charge on any atom is -0.444 e. The predicted octanol–water partition coefficient (Wildman–Crippen LogP) is 3.95. The number of ether oxygens (including phenoxy) is 2. The van der Waals surface area contributed by atoms with Crippen LogP contribution in [0.1, 0.15) is 37.4 Å². The number of halogens is 1. The standard InChI is InChI=1S/C13H18BrNO3S/c1-13(2,3)18-12(16)15(4)11-8-7-10(14)19-9(8)5-6-17-11/h7,11H,5-6H2,1-4H3/t11-/m0/s1. The van der Waals surface area contributed by atoms with E-state index in [-0.39, 0.29) is 12.3 Å². The topological polar surface area (TPSA) is 38.8 Å². The van der Waals surface area contributed by atoms with Crippen molar-refractivity contribution < 1.29 is 14.3 Å². The Kier molecular flexibility index (Phi) is 4.23. The first-order valence-electron chi connectivity index (χ1n) is 6.13. The first-order valence-corrected chi connectivity index (χ1v) is 7.74. The van der Waals surface area contributed by atoms with E-state index in [0.717, 1.165) is 15.8 Å². The van der Waals surface area contributed by atoms with Crippen molar-refractivity contribution in [3.05, 3.63) is 20.3 Å². The molecule has 2 rings (SSSR count). The summed E-state index contributed by atoms with van der Waals surface area (Å²) in [6.07, 6.45) is 0.165. The van der Waals surface area contributed by atoms with Gasteiger partial charge in [0.25, 0.3) is 0 Å². The van der Waals surface area contributed by atoms with Gasteiger partial charge in [-0.2, -0.15) is 0 Å². The van der Waals surface area contributed by atoms with Crippen molar-refractivity contribution in [3.63, 3.8) is 0 Å². The molecule has 106 valence electrons. The molecule has 1 amide bonds. The first-order chi connectivity index (χ1) is 8.78. The second-order valence-corrected chi connectivity index (χ2v) is 8.01. The van der Waals surface area contributed by atoms with E-state index in [0.29, 0.717) is 6.61 Å². The minimum atomic E-state index is -0.502. The molecule has 6 heteroatoms. The molecule has 0 N–H and O–H groups in total. The molecule has 0 bridgehead atoms. The number of hydrogen-bond acceptors (Lipinski definition) is 4. The maximum atomic E-state index is 12.1. The van der Waals surface area contributed by atoms with Crippen LogP contribution in [-0.2, 0) is 15.9 Å². The van der Waals surface area contributed by atoms with Crippen LogP contribution in [0.15, 0.2) is 9.85 Å². The number of carbonyl (C=O) groups excluding carboxylic acids is 1. The van der Waals surface area contributed by atoms with Gasteiger partial charge in [0.15, 0.2) is 6.23 Å². The predicted molar refractivity (Wildman–Crippen MR) is 78.4 cm³/mol. The Labute approximate surface area is 125 Å². The molecule has 0 saturated carbocycles. The normalized spacial score (nSPS) is 18.9. The number of hydrogen-bond donors (Lipinski definition) is 0. The van der Waals surface area contributed by atoms with Crippen molar-refractivity contribution in [2.24, 2.45) is 0 Å². The fourth-order valence-electron chi connectivity index (χ4n) is 1.92. The third-order valence-corrected chi connectivity index (χ3v) is 4.43. The van der Waals surface area contributed by atoms with Crippen LogP contribution in [0.4, 0.5) is 4.79 Å². The Morgan fingerprint density at radius 1 is 1.58 bits per heavy atom. The Hall–Kier alpha value is -0.590. The summed E-state index contributed by atoms with van der Waals surface area (Å²) in [6, 6.07) is 2.02. The van der Waals surface area contributed by atoms with Crippen LogP contribution in [0.5, 0.6) is 0 Å². The average molecular weight is 348 g/mol. The second kappa shape index (κ2) is 5.42. The highest BCUT2D eigenvalue weighted by Crippen LogP contribution is 2.37. The lowest BCUT2D eigenvalue weighted by Gasteiger charge is -2.32. The molecular formula is C13H18BrNO3S. The zero-order valence-electron chi connectivity index (χ0n) is 11.5. The molecule has 0 aliphatic carbocycles. The van der Waals surface area contributed by atoms with E-state index < -0.39 is 5.60 Å². The fourth-order valence-corrected chi connectivity index (χ4v) is 3.63. The summed E-state index contributed by atoms with van der Waals surface area (Å²) >= 11 is 5.18. The maximum Gasteiger partial charge on any atom is 0.412 e. The third kappa shape index (κ3) is 3.49. The molecular weight excluding hydrogens is 330 g/mol. The summed E-state index contributed by atoms with van der Waals surface area (Å²) in [5.41, 5.74) is 0.550. The SMILES string of the molecule is CN(C(=O)OC(C)(C)C)[C@H]1OCCc2sc(Br)cc21. The maximum absolute atomic E-state index is 12.1. The highest BCUT2D eigenvalue weighted by atomic mass is 79.9. The number of amides is 1. The molecule has 2 heterocycles. The van der Waals surface area contributed by atoms with Crippen LogP contribution < -0.4 is 0 Å². The molecule has 0 saturated heterocycles. The van der Waals surface area contributed by atoms with Gasteiger partial charge in [0.05, 0.1) is 10.4 Å². The molecule has 0 unspecified atom stereocenters. The van der Waals surface area contributed by atoms with Gasteiger partial charge in [0.2, 0.25) is 0 Å². The Morgan fingerprint density at radius 2 is 2.26 bits per heavy atom. The zero-order valence-corrected chi connectivity index (χ0v) is 13.9. The number of nitrogens with zero attached hydrogens (tertiary/aromatic N) is 1. The summed E-state index contributed by atoms with van der Waals surface area (Å²) in [4.78, 5) is 14.9. The van der Waals surface area contributed by atoms with Crippen molar-refractivity contribution >= 4 is 33.4 Å². The molecule has 1 aromatic heterocycles. The molecule has 1 atom stereocenters. The molecule has 19 heavy (non-hydrogen) atoms. The van der Waals surface area contributed by atoms with Crippen LogP contribution in [0.3, 0.4) is 0 Å².